The highest BCUT2D eigenvalue weighted by molar-refractivity contribution is 6.36. The third-order valence-corrected chi connectivity index (χ3v) is 4.18. The lowest BCUT2D eigenvalue weighted by Crippen LogP contribution is -2.26. The van der Waals surface area contributed by atoms with Crippen LogP contribution in [0.2, 0.25) is 10.0 Å². The lowest BCUT2D eigenvalue weighted by atomic mass is 10.0. The molecule has 0 aliphatic carbocycles. The minimum absolute atomic E-state index is 0.0684. The molecule has 1 aromatic heterocycles. The van der Waals surface area contributed by atoms with Gasteiger partial charge in [0.15, 0.2) is 0 Å². The molecule has 0 saturated heterocycles. The van der Waals surface area contributed by atoms with E-state index in [2.05, 4.69) is 28.7 Å². The van der Waals surface area contributed by atoms with Crippen LogP contribution in [0.3, 0.4) is 0 Å². The zero-order valence-corrected chi connectivity index (χ0v) is 14.0. The number of hydrogen-bond donors (Lipinski definition) is 1. The number of nitrogens with zero attached hydrogens (tertiary/aromatic N) is 2. The minimum Gasteiger partial charge on any atom is -0.335 e. The van der Waals surface area contributed by atoms with Crippen molar-refractivity contribution in [3.05, 3.63) is 52.0 Å². The molecule has 2 aromatic rings. The summed E-state index contributed by atoms with van der Waals surface area (Å²) in [4.78, 5) is 4.46. The second-order valence-corrected chi connectivity index (χ2v) is 5.79. The standard InChI is InChI=1S/C16H21Cl2N3/c1-3-8-19-14(11-15-20-9-10-21(15)4-2)16-12(17)6-5-7-13(16)18/h5-7,9-10,14,19H,3-4,8,11H2,1-2H3. The molecule has 0 aliphatic rings. The summed E-state index contributed by atoms with van der Waals surface area (Å²) in [6, 6.07) is 5.71. The molecule has 1 unspecified atom stereocenters. The van der Waals surface area contributed by atoms with Crippen LogP contribution >= 0.6 is 23.2 Å². The van der Waals surface area contributed by atoms with Crippen molar-refractivity contribution in [2.24, 2.45) is 0 Å². The van der Waals surface area contributed by atoms with Crippen molar-refractivity contribution in [2.45, 2.75) is 39.3 Å². The van der Waals surface area contributed by atoms with Crippen molar-refractivity contribution >= 4 is 23.2 Å². The smallest absolute Gasteiger partial charge is 0.110 e. The van der Waals surface area contributed by atoms with Gasteiger partial charge in [0, 0.05) is 47.0 Å². The summed E-state index contributed by atoms with van der Waals surface area (Å²) in [7, 11) is 0. The zero-order chi connectivity index (χ0) is 15.2. The summed E-state index contributed by atoms with van der Waals surface area (Å²) in [5.41, 5.74) is 0.958. The molecule has 0 amide bonds. The molecule has 0 aliphatic heterocycles. The molecule has 0 fully saturated rings. The van der Waals surface area contributed by atoms with Crippen molar-refractivity contribution in [3.8, 4) is 0 Å². The fourth-order valence-corrected chi connectivity index (χ4v) is 3.10. The summed E-state index contributed by atoms with van der Waals surface area (Å²) in [6.07, 6.45) is 5.66. The van der Waals surface area contributed by atoms with Crippen LogP contribution in [0, 0.1) is 0 Å². The van der Waals surface area contributed by atoms with Gasteiger partial charge in [-0.3, -0.25) is 0 Å². The number of halogens is 2. The van der Waals surface area contributed by atoms with E-state index in [-0.39, 0.29) is 6.04 Å². The van der Waals surface area contributed by atoms with Crippen LogP contribution in [0.5, 0.6) is 0 Å². The summed E-state index contributed by atoms with van der Waals surface area (Å²) in [6.45, 7) is 6.08. The zero-order valence-electron chi connectivity index (χ0n) is 12.4. The first-order valence-electron chi connectivity index (χ1n) is 7.34. The Kier molecular flexibility index (Phi) is 6.09. The van der Waals surface area contributed by atoms with Gasteiger partial charge in [0.25, 0.3) is 0 Å². The van der Waals surface area contributed by atoms with Crippen LogP contribution in [-0.4, -0.2) is 16.1 Å². The quantitative estimate of drug-likeness (QED) is 0.812. The van der Waals surface area contributed by atoms with Gasteiger partial charge in [0.05, 0.1) is 0 Å². The van der Waals surface area contributed by atoms with E-state index in [1.165, 1.54) is 0 Å². The lowest BCUT2D eigenvalue weighted by molar-refractivity contribution is 0.507. The summed E-state index contributed by atoms with van der Waals surface area (Å²) >= 11 is 12.7. The van der Waals surface area contributed by atoms with E-state index in [1.54, 1.807) is 0 Å². The molecule has 5 heteroatoms. The van der Waals surface area contributed by atoms with Gasteiger partial charge in [0.2, 0.25) is 0 Å². The molecule has 2 rings (SSSR count). The van der Waals surface area contributed by atoms with Crippen LogP contribution in [0.4, 0.5) is 0 Å². The third kappa shape index (κ3) is 4.00. The third-order valence-electron chi connectivity index (χ3n) is 3.52. The first kappa shape index (κ1) is 16.3. The average Bonchev–Trinajstić information content (AvgIpc) is 2.91. The predicted octanol–water partition coefficient (Wildman–Crippen LogP) is 4.49. The summed E-state index contributed by atoms with van der Waals surface area (Å²) < 4.78 is 2.14. The van der Waals surface area contributed by atoms with E-state index >= 15 is 0 Å². The molecule has 1 atom stereocenters. The molecule has 21 heavy (non-hydrogen) atoms. The Morgan fingerprint density at radius 2 is 1.95 bits per heavy atom. The van der Waals surface area contributed by atoms with Crippen molar-refractivity contribution in [3.63, 3.8) is 0 Å². The molecule has 114 valence electrons. The molecule has 3 nitrogen and oxygen atoms in total. The molecule has 0 saturated carbocycles. The number of imidazole rings is 1. The Bertz CT molecular complexity index is 560. The first-order chi connectivity index (χ1) is 10.2. The molecular formula is C16H21Cl2N3. The number of rotatable bonds is 7. The van der Waals surface area contributed by atoms with Crippen LogP contribution < -0.4 is 5.32 Å². The van der Waals surface area contributed by atoms with E-state index in [9.17, 15) is 0 Å². The van der Waals surface area contributed by atoms with E-state index in [4.69, 9.17) is 23.2 Å². The normalized spacial score (nSPS) is 12.6. The maximum Gasteiger partial charge on any atom is 0.110 e. The molecule has 1 aromatic carbocycles. The number of benzene rings is 1. The molecule has 0 bridgehead atoms. The highest BCUT2D eigenvalue weighted by Gasteiger charge is 2.19. The van der Waals surface area contributed by atoms with Gasteiger partial charge < -0.3 is 9.88 Å². The van der Waals surface area contributed by atoms with Gasteiger partial charge in [-0.05, 0) is 32.0 Å². The Morgan fingerprint density at radius 1 is 1.24 bits per heavy atom. The number of aryl methyl sites for hydroxylation is 1. The van der Waals surface area contributed by atoms with Crippen molar-refractivity contribution in [1.82, 2.24) is 14.9 Å². The van der Waals surface area contributed by atoms with Gasteiger partial charge in [-0.1, -0.05) is 36.2 Å². The van der Waals surface area contributed by atoms with Gasteiger partial charge >= 0.3 is 0 Å². The fraction of sp³-hybridized carbons (Fsp3) is 0.438. The Hall–Kier alpha value is -1.03. The Morgan fingerprint density at radius 3 is 2.57 bits per heavy atom. The summed E-state index contributed by atoms with van der Waals surface area (Å²) in [5, 5.41) is 4.93. The monoisotopic (exact) mass is 325 g/mol. The van der Waals surface area contributed by atoms with E-state index in [0.717, 1.165) is 37.3 Å². The van der Waals surface area contributed by atoms with Gasteiger partial charge in [-0.15, -0.1) is 0 Å². The van der Waals surface area contributed by atoms with Crippen molar-refractivity contribution < 1.29 is 0 Å². The van der Waals surface area contributed by atoms with Crippen molar-refractivity contribution in [1.29, 1.82) is 0 Å². The number of nitrogens with one attached hydrogen (secondary N) is 1. The van der Waals surface area contributed by atoms with Crippen LogP contribution in [0.25, 0.3) is 0 Å². The lowest BCUT2D eigenvalue weighted by Gasteiger charge is -2.21. The largest absolute Gasteiger partial charge is 0.335 e. The molecular weight excluding hydrogens is 305 g/mol. The molecule has 0 radical (unpaired) electrons. The van der Waals surface area contributed by atoms with E-state index in [1.807, 2.05) is 30.6 Å². The molecule has 1 N–H and O–H groups in total. The summed E-state index contributed by atoms with van der Waals surface area (Å²) in [5.74, 6) is 1.04. The Balaban J connectivity index is 2.30. The van der Waals surface area contributed by atoms with Gasteiger partial charge in [-0.25, -0.2) is 4.98 Å². The van der Waals surface area contributed by atoms with Gasteiger partial charge in [-0.2, -0.15) is 0 Å². The minimum atomic E-state index is 0.0684. The topological polar surface area (TPSA) is 29.9 Å². The van der Waals surface area contributed by atoms with Crippen molar-refractivity contribution in [2.75, 3.05) is 6.54 Å². The first-order valence-corrected chi connectivity index (χ1v) is 8.10. The highest BCUT2D eigenvalue weighted by atomic mass is 35.5. The van der Waals surface area contributed by atoms with Crippen LogP contribution in [0.15, 0.2) is 30.6 Å². The highest BCUT2D eigenvalue weighted by Crippen LogP contribution is 2.32. The second-order valence-electron chi connectivity index (χ2n) is 4.98. The maximum atomic E-state index is 6.37. The second kappa shape index (κ2) is 7.83. The SMILES string of the molecule is CCCNC(Cc1nccn1CC)c1c(Cl)cccc1Cl. The Labute approximate surface area is 136 Å². The average molecular weight is 326 g/mol. The maximum absolute atomic E-state index is 6.37. The molecule has 0 spiro atoms. The van der Waals surface area contributed by atoms with Gasteiger partial charge in [0.1, 0.15) is 5.82 Å². The predicted molar refractivity (Wildman–Crippen MR) is 89.1 cm³/mol. The van der Waals surface area contributed by atoms with E-state index in [0.29, 0.717) is 10.0 Å². The number of hydrogen-bond acceptors (Lipinski definition) is 2. The van der Waals surface area contributed by atoms with E-state index < -0.39 is 0 Å². The fourth-order valence-electron chi connectivity index (χ4n) is 2.44. The number of aromatic nitrogens is 2. The van der Waals surface area contributed by atoms with Crippen LogP contribution in [0.1, 0.15) is 37.7 Å². The molecule has 1 heterocycles. The van der Waals surface area contributed by atoms with Crippen LogP contribution in [-0.2, 0) is 13.0 Å².